The summed E-state index contributed by atoms with van der Waals surface area (Å²) >= 11 is 0. The lowest BCUT2D eigenvalue weighted by Gasteiger charge is -2.00. The Labute approximate surface area is 173 Å². The molecule has 2 aromatic carbocycles. The number of benzene rings is 2. The molecule has 0 saturated heterocycles. The topological polar surface area (TPSA) is 100 Å². The summed E-state index contributed by atoms with van der Waals surface area (Å²) in [4.78, 5) is 29.1. The van der Waals surface area contributed by atoms with Gasteiger partial charge >= 0.3 is 11.9 Å². The Morgan fingerprint density at radius 3 is 1.00 bits per heavy atom. The van der Waals surface area contributed by atoms with Crippen molar-refractivity contribution in [3.8, 4) is 22.3 Å². The number of carbonyl (C=O) groups is 2. The molecular formula is C24H18N2O4. The SMILES string of the molecule is O=C(O)c1ccc(-c2ccncc2)cc1.O=C(O)c1ccc(-c2ccncc2)cc1. The molecule has 0 unspecified atom stereocenters. The first-order chi connectivity index (χ1) is 14.5. The highest BCUT2D eigenvalue weighted by Crippen LogP contribution is 2.19. The molecule has 148 valence electrons. The van der Waals surface area contributed by atoms with Crippen molar-refractivity contribution in [2.24, 2.45) is 0 Å². The number of pyridine rings is 2. The quantitative estimate of drug-likeness (QED) is 0.507. The smallest absolute Gasteiger partial charge is 0.335 e. The van der Waals surface area contributed by atoms with Gasteiger partial charge in [-0.2, -0.15) is 0 Å². The van der Waals surface area contributed by atoms with Crippen LogP contribution in [0.4, 0.5) is 0 Å². The molecule has 0 fully saturated rings. The molecule has 0 aliphatic carbocycles. The van der Waals surface area contributed by atoms with Gasteiger partial charge in [0.05, 0.1) is 11.1 Å². The van der Waals surface area contributed by atoms with E-state index < -0.39 is 11.9 Å². The van der Waals surface area contributed by atoms with E-state index in [1.165, 1.54) is 0 Å². The molecule has 0 aliphatic heterocycles. The first-order valence-electron chi connectivity index (χ1n) is 9.02. The maximum atomic E-state index is 10.6. The fourth-order valence-electron chi connectivity index (χ4n) is 2.70. The van der Waals surface area contributed by atoms with E-state index in [4.69, 9.17) is 10.2 Å². The number of rotatable bonds is 4. The molecule has 0 spiro atoms. The Morgan fingerprint density at radius 2 is 0.733 bits per heavy atom. The van der Waals surface area contributed by atoms with Gasteiger partial charge < -0.3 is 10.2 Å². The normalized spacial score (nSPS) is 9.87. The Bertz CT molecular complexity index is 1020. The zero-order chi connectivity index (χ0) is 21.3. The second-order valence-corrected chi connectivity index (χ2v) is 6.24. The van der Waals surface area contributed by atoms with Gasteiger partial charge in [-0.3, -0.25) is 9.97 Å². The number of aromatic nitrogens is 2. The summed E-state index contributed by atoms with van der Waals surface area (Å²) in [6.45, 7) is 0. The van der Waals surface area contributed by atoms with Crippen LogP contribution in [0.5, 0.6) is 0 Å². The molecular weight excluding hydrogens is 380 g/mol. The molecule has 4 rings (SSSR count). The average Bonchev–Trinajstić information content (AvgIpc) is 2.81. The third-order valence-electron chi connectivity index (χ3n) is 4.29. The van der Waals surface area contributed by atoms with E-state index >= 15 is 0 Å². The van der Waals surface area contributed by atoms with Crippen molar-refractivity contribution in [1.82, 2.24) is 9.97 Å². The van der Waals surface area contributed by atoms with Crippen LogP contribution in [0.3, 0.4) is 0 Å². The molecule has 2 aromatic heterocycles. The molecule has 0 saturated carbocycles. The summed E-state index contributed by atoms with van der Waals surface area (Å²) in [7, 11) is 0. The maximum Gasteiger partial charge on any atom is 0.335 e. The van der Waals surface area contributed by atoms with Gasteiger partial charge in [-0.25, -0.2) is 9.59 Å². The fraction of sp³-hybridized carbons (Fsp3) is 0. The van der Waals surface area contributed by atoms with Gasteiger partial charge in [0.1, 0.15) is 0 Å². The van der Waals surface area contributed by atoms with Crippen molar-refractivity contribution in [3.63, 3.8) is 0 Å². The van der Waals surface area contributed by atoms with Gasteiger partial charge in [-0.15, -0.1) is 0 Å². The van der Waals surface area contributed by atoms with Gasteiger partial charge in [0.2, 0.25) is 0 Å². The van der Waals surface area contributed by atoms with E-state index in [0.717, 1.165) is 22.3 Å². The summed E-state index contributed by atoms with van der Waals surface area (Å²) in [6, 6.07) is 21.1. The number of hydrogen-bond acceptors (Lipinski definition) is 4. The second kappa shape index (κ2) is 9.75. The predicted octanol–water partition coefficient (Wildman–Crippen LogP) is 4.89. The lowest BCUT2D eigenvalue weighted by molar-refractivity contribution is 0.0686. The molecule has 2 heterocycles. The molecule has 0 radical (unpaired) electrons. The van der Waals surface area contributed by atoms with E-state index in [-0.39, 0.29) is 0 Å². The summed E-state index contributed by atoms with van der Waals surface area (Å²) in [5, 5.41) is 17.5. The van der Waals surface area contributed by atoms with Crippen molar-refractivity contribution in [3.05, 3.63) is 109 Å². The van der Waals surface area contributed by atoms with Crippen LogP contribution in [-0.2, 0) is 0 Å². The van der Waals surface area contributed by atoms with Gasteiger partial charge in [0.15, 0.2) is 0 Å². The number of hydrogen-bond donors (Lipinski definition) is 2. The minimum absolute atomic E-state index is 0.299. The van der Waals surface area contributed by atoms with Crippen LogP contribution in [0.1, 0.15) is 20.7 Å². The van der Waals surface area contributed by atoms with Gasteiger partial charge in [0.25, 0.3) is 0 Å². The number of nitrogens with zero attached hydrogens (tertiary/aromatic N) is 2. The standard InChI is InChI=1S/2C12H9NO2/c2*14-12(15)11-3-1-9(2-4-11)10-5-7-13-8-6-10/h2*1-8H,(H,14,15). The average molecular weight is 398 g/mol. The summed E-state index contributed by atoms with van der Waals surface area (Å²) in [5.41, 5.74) is 4.63. The highest BCUT2D eigenvalue weighted by molar-refractivity contribution is 5.88. The Hall–Kier alpha value is -4.32. The second-order valence-electron chi connectivity index (χ2n) is 6.24. The number of aromatic carboxylic acids is 2. The minimum Gasteiger partial charge on any atom is -0.478 e. The van der Waals surface area contributed by atoms with Crippen LogP contribution < -0.4 is 0 Å². The van der Waals surface area contributed by atoms with Crippen LogP contribution in [0, 0.1) is 0 Å². The minimum atomic E-state index is -0.906. The monoisotopic (exact) mass is 398 g/mol. The molecule has 4 aromatic rings. The summed E-state index contributed by atoms with van der Waals surface area (Å²) < 4.78 is 0. The molecule has 2 N–H and O–H groups in total. The fourth-order valence-corrected chi connectivity index (χ4v) is 2.70. The number of carboxylic acids is 2. The van der Waals surface area contributed by atoms with Crippen LogP contribution in [0.2, 0.25) is 0 Å². The number of carboxylic acid groups (broad SMARTS) is 2. The van der Waals surface area contributed by atoms with Crippen molar-refractivity contribution in [2.75, 3.05) is 0 Å². The molecule has 0 amide bonds. The first-order valence-corrected chi connectivity index (χ1v) is 9.02. The van der Waals surface area contributed by atoms with E-state index in [2.05, 4.69) is 9.97 Å². The molecule has 0 bridgehead atoms. The maximum absolute atomic E-state index is 10.6. The Kier molecular flexibility index (Phi) is 6.63. The summed E-state index contributed by atoms with van der Waals surface area (Å²) in [6.07, 6.45) is 6.84. The third-order valence-corrected chi connectivity index (χ3v) is 4.29. The van der Waals surface area contributed by atoms with Crippen LogP contribution in [0.15, 0.2) is 97.6 Å². The van der Waals surface area contributed by atoms with E-state index in [1.807, 2.05) is 24.3 Å². The van der Waals surface area contributed by atoms with Crippen LogP contribution in [0.25, 0.3) is 22.3 Å². The summed E-state index contributed by atoms with van der Waals surface area (Å²) in [5.74, 6) is -1.81. The van der Waals surface area contributed by atoms with Crippen molar-refractivity contribution < 1.29 is 19.8 Å². The molecule has 6 heteroatoms. The molecule has 6 nitrogen and oxygen atoms in total. The van der Waals surface area contributed by atoms with Crippen LogP contribution >= 0.6 is 0 Å². The van der Waals surface area contributed by atoms with Crippen molar-refractivity contribution >= 4 is 11.9 Å². The zero-order valence-electron chi connectivity index (χ0n) is 15.8. The zero-order valence-corrected chi connectivity index (χ0v) is 15.8. The lowest BCUT2D eigenvalue weighted by atomic mass is 10.1. The van der Waals surface area contributed by atoms with Crippen molar-refractivity contribution in [1.29, 1.82) is 0 Å². The predicted molar refractivity (Wildman–Crippen MR) is 113 cm³/mol. The van der Waals surface area contributed by atoms with Gasteiger partial charge in [0, 0.05) is 24.8 Å². The van der Waals surface area contributed by atoms with E-state index in [9.17, 15) is 9.59 Å². The highest BCUT2D eigenvalue weighted by Gasteiger charge is 2.03. The Balaban J connectivity index is 0.000000171. The van der Waals surface area contributed by atoms with Crippen molar-refractivity contribution in [2.45, 2.75) is 0 Å². The van der Waals surface area contributed by atoms with E-state index in [1.54, 1.807) is 73.3 Å². The highest BCUT2D eigenvalue weighted by atomic mass is 16.4. The van der Waals surface area contributed by atoms with E-state index in [0.29, 0.717) is 11.1 Å². The molecule has 0 atom stereocenters. The van der Waals surface area contributed by atoms with Crippen LogP contribution in [-0.4, -0.2) is 32.1 Å². The molecule has 0 aliphatic rings. The van der Waals surface area contributed by atoms with Gasteiger partial charge in [-0.05, 0) is 70.8 Å². The third kappa shape index (κ3) is 5.36. The first kappa shape index (κ1) is 20.4. The lowest BCUT2D eigenvalue weighted by Crippen LogP contribution is -1.94. The largest absolute Gasteiger partial charge is 0.478 e. The Morgan fingerprint density at radius 1 is 0.467 bits per heavy atom. The molecule has 30 heavy (non-hydrogen) atoms. The van der Waals surface area contributed by atoms with Gasteiger partial charge in [-0.1, -0.05) is 24.3 Å².